The number of aliphatic hydroxyl groups excluding tert-OH is 2. The van der Waals surface area contributed by atoms with E-state index >= 15 is 0 Å². The Morgan fingerprint density at radius 2 is 1.89 bits per heavy atom. The molecule has 18 heavy (non-hydrogen) atoms. The molecule has 0 aromatic carbocycles. The van der Waals surface area contributed by atoms with Crippen molar-refractivity contribution < 1.29 is 15.3 Å². The van der Waals surface area contributed by atoms with Gasteiger partial charge in [0.15, 0.2) is 0 Å². The van der Waals surface area contributed by atoms with Gasteiger partial charge in [-0.1, -0.05) is 32.1 Å². The Bertz CT molecular complexity index is 397. The highest BCUT2D eigenvalue weighted by molar-refractivity contribution is 5.31. The largest absolute Gasteiger partial charge is 0.392 e. The van der Waals surface area contributed by atoms with Crippen LogP contribution < -0.4 is 0 Å². The highest BCUT2D eigenvalue weighted by atomic mass is 16.3. The van der Waals surface area contributed by atoms with Crippen molar-refractivity contribution >= 4 is 0 Å². The van der Waals surface area contributed by atoms with Crippen LogP contribution in [0.25, 0.3) is 0 Å². The molecule has 3 N–H and O–H groups in total. The van der Waals surface area contributed by atoms with Gasteiger partial charge >= 0.3 is 0 Å². The van der Waals surface area contributed by atoms with Crippen LogP contribution in [0.1, 0.15) is 40.0 Å². The third kappa shape index (κ3) is 2.04. The highest BCUT2D eigenvalue weighted by Gasteiger charge is 2.50. The van der Waals surface area contributed by atoms with Crippen molar-refractivity contribution in [2.45, 2.75) is 51.7 Å². The van der Waals surface area contributed by atoms with E-state index in [0.717, 1.165) is 12.0 Å². The second-order valence-electron chi connectivity index (χ2n) is 6.56. The minimum Gasteiger partial charge on any atom is -0.392 e. The molecule has 0 amide bonds. The van der Waals surface area contributed by atoms with E-state index in [9.17, 15) is 15.3 Å². The molecule has 0 saturated carbocycles. The fraction of sp³-hybridized carbons (Fsp3) is 0.733. The van der Waals surface area contributed by atoms with E-state index in [2.05, 4.69) is 19.9 Å². The summed E-state index contributed by atoms with van der Waals surface area (Å²) in [6.45, 7) is 6.07. The van der Waals surface area contributed by atoms with Crippen molar-refractivity contribution in [3.8, 4) is 0 Å². The molecule has 0 aliphatic heterocycles. The van der Waals surface area contributed by atoms with Gasteiger partial charge in [0.05, 0.1) is 18.3 Å². The molecular weight excluding hydrogens is 228 g/mol. The first kappa shape index (κ1) is 13.8. The van der Waals surface area contributed by atoms with Crippen LogP contribution in [-0.2, 0) is 0 Å². The van der Waals surface area contributed by atoms with Gasteiger partial charge in [-0.15, -0.1) is 0 Å². The number of hydrogen-bond acceptors (Lipinski definition) is 3. The molecule has 0 aromatic rings. The zero-order valence-electron chi connectivity index (χ0n) is 11.5. The van der Waals surface area contributed by atoms with Gasteiger partial charge < -0.3 is 15.3 Å². The molecule has 0 bridgehead atoms. The Balaban J connectivity index is 2.34. The molecule has 2 aliphatic rings. The summed E-state index contributed by atoms with van der Waals surface area (Å²) in [5.74, 6) is 0. The van der Waals surface area contributed by atoms with E-state index in [1.54, 1.807) is 6.08 Å². The molecule has 4 atom stereocenters. The lowest BCUT2D eigenvalue weighted by atomic mass is 9.57. The molecule has 3 nitrogen and oxygen atoms in total. The molecular formula is C15H24O3. The molecule has 0 spiro atoms. The van der Waals surface area contributed by atoms with Crippen LogP contribution in [-0.4, -0.2) is 33.6 Å². The van der Waals surface area contributed by atoms with E-state index in [1.807, 2.05) is 13.0 Å². The van der Waals surface area contributed by atoms with Gasteiger partial charge in [0.2, 0.25) is 0 Å². The summed E-state index contributed by atoms with van der Waals surface area (Å²) < 4.78 is 0. The van der Waals surface area contributed by atoms with Gasteiger partial charge in [0.25, 0.3) is 0 Å². The first-order valence-electron chi connectivity index (χ1n) is 6.65. The molecule has 0 unspecified atom stereocenters. The van der Waals surface area contributed by atoms with Crippen LogP contribution >= 0.6 is 0 Å². The van der Waals surface area contributed by atoms with Crippen molar-refractivity contribution in [1.82, 2.24) is 0 Å². The molecule has 102 valence electrons. The average Bonchev–Trinajstić information content (AvgIpc) is 2.60. The van der Waals surface area contributed by atoms with Crippen LogP contribution in [0.3, 0.4) is 0 Å². The fourth-order valence-corrected chi connectivity index (χ4v) is 3.35. The summed E-state index contributed by atoms with van der Waals surface area (Å²) in [5.41, 5.74) is -0.158. The highest BCUT2D eigenvalue weighted by Crippen LogP contribution is 2.56. The number of aliphatic hydroxyl groups is 3. The minimum absolute atomic E-state index is 0.00656. The molecule has 0 aromatic heterocycles. The van der Waals surface area contributed by atoms with Gasteiger partial charge in [-0.05, 0) is 37.2 Å². The first-order chi connectivity index (χ1) is 8.22. The van der Waals surface area contributed by atoms with Crippen molar-refractivity contribution in [1.29, 1.82) is 0 Å². The SMILES string of the molecule is C[C@]1([C@]2(C)C=C[C@@](C)(O)CC2)C[C@@H](O)C=C1CO. The topological polar surface area (TPSA) is 60.7 Å². The zero-order valence-corrected chi connectivity index (χ0v) is 11.5. The van der Waals surface area contributed by atoms with Gasteiger partial charge in [-0.3, -0.25) is 0 Å². The lowest BCUT2D eigenvalue weighted by molar-refractivity contribution is 0.0348. The maximum absolute atomic E-state index is 10.0. The summed E-state index contributed by atoms with van der Waals surface area (Å²) in [6, 6.07) is 0. The smallest absolute Gasteiger partial charge is 0.0800 e. The van der Waals surface area contributed by atoms with E-state index < -0.39 is 11.7 Å². The summed E-state index contributed by atoms with van der Waals surface area (Å²) in [4.78, 5) is 0. The van der Waals surface area contributed by atoms with E-state index in [-0.39, 0.29) is 17.4 Å². The molecule has 3 heteroatoms. The molecule has 2 rings (SSSR count). The standard InChI is InChI=1S/C15H24O3/c1-13(4-6-14(2,18)7-5-13)15(3)9-12(17)8-11(15)10-16/h4,6,8,12,16-18H,5,7,9-10H2,1-3H3/t12-,13+,14+,15-/m0/s1. The Morgan fingerprint density at radius 1 is 1.22 bits per heavy atom. The predicted molar refractivity (Wildman–Crippen MR) is 71.0 cm³/mol. The zero-order chi connectivity index (χ0) is 13.6. The molecule has 0 radical (unpaired) electrons. The fourth-order valence-electron chi connectivity index (χ4n) is 3.35. The minimum atomic E-state index is -0.726. The van der Waals surface area contributed by atoms with Crippen LogP contribution in [0, 0.1) is 10.8 Å². The Morgan fingerprint density at radius 3 is 2.39 bits per heavy atom. The van der Waals surface area contributed by atoms with Crippen LogP contribution in [0.2, 0.25) is 0 Å². The maximum Gasteiger partial charge on any atom is 0.0800 e. The van der Waals surface area contributed by atoms with Gasteiger partial charge in [0, 0.05) is 5.41 Å². The lowest BCUT2D eigenvalue weighted by Crippen LogP contribution is -2.42. The Kier molecular flexibility index (Phi) is 3.21. The number of rotatable bonds is 2. The molecule has 0 saturated heterocycles. The van der Waals surface area contributed by atoms with Crippen LogP contribution in [0.5, 0.6) is 0 Å². The van der Waals surface area contributed by atoms with Crippen LogP contribution in [0.15, 0.2) is 23.8 Å². The first-order valence-corrected chi connectivity index (χ1v) is 6.65. The van der Waals surface area contributed by atoms with E-state index in [0.29, 0.717) is 12.8 Å². The Labute approximate surface area is 109 Å². The second-order valence-corrected chi connectivity index (χ2v) is 6.56. The third-order valence-electron chi connectivity index (χ3n) is 5.11. The predicted octanol–water partition coefficient (Wildman–Crippen LogP) is 1.78. The summed E-state index contributed by atoms with van der Waals surface area (Å²) in [6.07, 6.45) is 7.46. The molecule has 2 aliphatic carbocycles. The molecule has 0 heterocycles. The summed E-state index contributed by atoms with van der Waals surface area (Å²) in [7, 11) is 0. The summed E-state index contributed by atoms with van der Waals surface area (Å²) in [5, 5.41) is 29.4. The summed E-state index contributed by atoms with van der Waals surface area (Å²) >= 11 is 0. The van der Waals surface area contributed by atoms with Crippen molar-refractivity contribution in [2.24, 2.45) is 10.8 Å². The number of allylic oxidation sites excluding steroid dienone is 1. The third-order valence-corrected chi connectivity index (χ3v) is 5.11. The van der Waals surface area contributed by atoms with Gasteiger partial charge in [-0.2, -0.15) is 0 Å². The van der Waals surface area contributed by atoms with Crippen molar-refractivity contribution in [2.75, 3.05) is 6.61 Å². The van der Waals surface area contributed by atoms with Crippen LogP contribution in [0.4, 0.5) is 0 Å². The van der Waals surface area contributed by atoms with Gasteiger partial charge in [-0.25, -0.2) is 0 Å². The maximum atomic E-state index is 10.0. The second kappa shape index (κ2) is 4.19. The van der Waals surface area contributed by atoms with E-state index in [1.165, 1.54) is 0 Å². The Hall–Kier alpha value is -0.640. The van der Waals surface area contributed by atoms with Gasteiger partial charge in [0.1, 0.15) is 0 Å². The monoisotopic (exact) mass is 252 g/mol. The lowest BCUT2D eigenvalue weighted by Gasteiger charge is -2.48. The van der Waals surface area contributed by atoms with E-state index in [4.69, 9.17) is 0 Å². The average molecular weight is 252 g/mol. The molecule has 0 fully saturated rings. The normalized spacial score (nSPS) is 48.3. The quantitative estimate of drug-likeness (QED) is 0.657. The number of hydrogen-bond donors (Lipinski definition) is 3. The van der Waals surface area contributed by atoms with Crippen molar-refractivity contribution in [3.05, 3.63) is 23.8 Å². The van der Waals surface area contributed by atoms with Crippen molar-refractivity contribution in [3.63, 3.8) is 0 Å².